The Morgan fingerprint density at radius 2 is 1.21 bits per heavy atom. The summed E-state index contributed by atoms with van der Waals surface area (Å²) in [6, 6.07) is 35.4. The van der Waals surface area contributed by atoms with Crippen LogP contribution in [0.2, 0.25) is 0 Å². The van der Waals surface area contributed by atoms with Gasteiger partial charge in [-0.15, -0.1) is 0 Å². The van der Waals surface area contributed by atoms with Gasteiger partial charge in [0.15, 0.2) is 0 Å². The summed E-state index contributed by atoms with van der Waals surface area (Å²) in [5.41, 5.74) is 7.11. The van der Waals surface area contributed by atoms with Crippen molar-refractivity contribution in [3.8, 4) is 5.75 Å². The molecule has 0 saturated carbocycles. The molecule has 4 aromatic carbocycles. The molecule has 0 bridgehead atoms. The largest absolute Gasteiger partial charge is 0.423 e. The topological polar surface area (TPSA) is 29.5 Å². The van der Waals surface area contributed by atoms with Gasteiger partial charge in [0.2, 0.25) is 0 Å². The van der Waals surface area contributed by atoms with Crippen LogP contribution in [0.3, 0.4) is 0 Å². The molecule has 0 aliphatic heterocycles. The first-order valence-corrected chi connectivity index (χ1v) is 11.1. The third-order valence-electron chi connectivity index (χ3n) is 5.51. The Morgan fingerprint density at radius 1 is 0.727 bits per heavy atom. The Bertz CT molecular complexity index is 1200. The molecule has 0 saturated heterocycles. The van der Waals surface area contributed by atoms with Crippen molar-refractivity contribution >= 4 is 23.0 Å². The molecule has 3 nitrogen and oxygen atoms in total. The molecule has 0 atom stereocenters. The second-order valence-electron chi connectivity index (χ2n) is 7.94. The van der Waals surface area contributed by atoms with Crippen molar-refractivity contribution in [1.29, 1.82) is 0 Å². The molecule has 0 fully saturated rings. The predicted octanol–water partition coefficient (Wildman–Crippen LogP) is 7.34. The fourth-order valence-corrected chi connectivity index (χ4v) is 3.70. The van der Waals surface area contributed by atoms with E-state index in [1.54, 1.807) is 0 Å². The maximum absolute atomic E-state index is 11.3. The Balaban J connectivity index is 1.47. The number of rotatable bonds is 8. The van der Waals surface area contributed by atoms with Gasteiger partial charge in [0, 0.05) is 23.1 Å². The van der Waals surface area contributed by atoms with E-state index >= 15 is 0 Å². The quantitative estimate of drug-likeness (QED) is 0.165. The summed E-state index contributed by atoms with van der Waals surface area (Å²) >= 11 is 0. The van der Waals surface area contributed by atoms with E-state index in [2.05, 4.69) is 91.2 Å². The van der Waals surface area contributed by atoms with Crippen LogP contribution in [0.5, 0.6) is 5.75 Å². The molecular formula is C30H27NO2. The molecule has 164 valence electrons. The summed E-state index contributed by atoms with van der Waals surface area (Å²) in [6.07, 6.45) is 3.01. The maximum atomic E-state index is 11.3. The minimum Gasteiger partial charge on any atom is -0.423 e. The number of nitrogens with zero attached hydrogens (tertiary/aromatic N) is 1. The van der Waals surface area contributed by atoms with Crippen molar-refractivity contribution in [2.75, 3.05) is 4.90 Å². The summed E-state index contributed by atoms with van der Waals surface area (Å²) < 4.78 is 5.13. The molecule has 3 heteroatoms. The molecule has 0 aliphatic rings. The summed E-state index contributed by atoms with van der Waals surface area (Å²) in [6.45, 7) is 5.52. The Morgan fingerprint density at radius 3 is 1.76 bits per heavy atom. The highest BCUT2D eigenvalue weighted by molar-refractivity contribution is 5.83. The zero-order valence-electron chi connectivity index (χ0n) is 18.8. The van der Waals surface area contributed by atoms with E-state index in [9.17, 15) is 4.79 Å². The van der Waals surface area contributed by atoms with Crippen LogP contribution in [0.15, 0.2) is 116 Å². The van der Waals surface area contributed by atoms with E-state index in [4.69, 9.17) is 4.74 Å². The zero-order chi connectivity index (χ0) is 23.0. The number of aryl methyl sites for hydroxylation is 3. The Hall–Kier alpha value is -4.11. The molecule has 0 amide bonds. The van der Waals surface area contributed by atoms with Gasteiger partial charge >= 0.3 is 5.97 Å². The van der Waals surface area contributed by atoms with Gasteiger partial charge in [-0.1, -0.05) is 66.7 Å². The fourth-order valence-electron chi connectivity index (χ4n) is 3.70. The lowest BCUT2D eigenvalue weighted by Gasteiger charge is -2.25. The first-order valence-electron chi connectivity index (χ1n) is 11.1. The molecule has 0 aromatic heterocycles. The molecule has 0 aliphatic carbocycles. The highest BCUT2D eigenvalue weighted by Crippen LogP contribution is 2.34. The monoisotopic (exact) mass is 433 g/mol. The van der Waals surface area contributed by atoms with Crippen LogP contribution in [0.1, 0.15) is 16.7 Å². The van der Waals surface area contributed by atoms with Crippen molar-refractivity contribution in [2.24, 2.45) is 0 Å². The molecule has 0 unspecified atom stereocenters. The number of ether oxygens (including phenoxy) is 1. The lowest BCUT2D eigenvalue weighted by Crippen LogP contribution is -2.09. The standard InChI is InChI=1S/C30H27NO2/c1-3-30(32)33-29-21-15-25(16-22-29)12-11-24-13-19-28(20-14-24)31(26-7-5-4-6-8-26)27-17-9-23(2)10-18-27/h3-10,13-22H,1,11-12H2,2H3. The molecule has 0 radical (unpaired) electrons. The summed E-state index contributed by atoms with van der Waals surface area (Å²) in [4.78, 5) is 13.6. The van der Waals surface area contributed by atoms with Gasteiger partial charge in [-0.25, -0.2) is 4.79 Å². The number of para-hydroxylation sites is 1. The average Bonchev–Trinajstić information content (AvgIpc) is 2.86. The average molecular weight is 434 g/mol. The van der Waals surface area contributed by atoms with Crippen LogP contribution < -0.4 is 9.64 Å². The molecule has 0 heterocycles. The van der Waals surface area contributed by atoms with Crippen LogP contribution in [0.25, 0.3) is 0 Å². The SMILES string of the molecule is C=CC(=O)Oc1ccc(CCc2ccc(N(c3ccccc3)c3ccc(C)cc3)cc2)cc1. The van der Waals surface area contributed by atoms with Crippen molar-refractivity contribution in [1.82, 2.24) is 0 Å². The van der Waals surface area contributed by atoms with Gasteiger partial charge < -0.3 is 9.64 Å². The van der Waals surface area contributed by atoms with Crippen LogP contribution >= 0.6 is 0 Å². The molecule has 0 N–H and O–H groups in total. The molecule has 4 aromatic rings. The maximum Gasteiger partial charge on any atom is 0.335 e. The molecule has 0 spiro atoms. The molecular weight excluding hydrogens is 406 g/mol. The van der Waals surface area contributed by atoms with Crippen molar-refractivity contribution in [3.05, 3.63) is 132 Å². The third kappa shape index (κ3) is 5.78. The second-order valence-corrected chi connectivity index (χ2v) is 7.94. The van der Waals surface area contributed by atoms with E-state index in [1.807, 2.05) is 30.3 Å². The predicted molar refractivity (Wildman–Crippen MR) is 136 cm³/mol. The number of hydrogen-bond acceptors (Lipinski definition) is 3. The lowest BCUT2D eigenvalue weighted by molar-refractivity contribution is -0.128. The third-order valence-corrected chi connectivity index (χ3v) is 5.51. The lowest BCUT2D eigenvalue weighted by atomic mass is 10.0. The van der Waals surface area contributed by atoms with Crippen LogP contribution in [0.4, 0.5) is 17.1 Å². The first-order chi connectivity index (χ1) is 16.1. The Labute approximate surface area is 195 Å². The van der Waals surface area contributed by atoms with Crippen molar-refractivity contribution < 1.29 is 9.53 Å². The van der Waals surface area contributed by atoms with E-state index < -0.39 is 5.97 Å². The van der Waals surface area contributed by atoms with E-state index in [1.165, 1.54) is 16.7 Å². The van der Waals surface area contributed by atoms with Gasteiger partial charge in [0.1, 0.15) is 5.75 Å². The Kier molecular flexibility index (Phi) is 7.01. The van der Waals surface area contributed by atoms with Crippen LogP contribution in [0, 0.1) is 6.92 Å². The smallest absolute Gasteiger partial charge is 0.335 e. The van der Waals surface area contributed by atoms with E-state index in [-0.39, 0.29) is 0 Å². The first kappa shape index (κ1) is 22.1. The number of carbonyl (C=O) groups is 1. The number of anilines is 3. The van der Waals surface area contributed by atoms with Gasteiger partial charge in [-0.05, 0) is 79.4 Å². The normalized spacial score (nSPS) is 10.5. The molecule has 4 rings (SSSR count). The fraction of sp³-hybridized carbons (Fsp3) is 0.100. The summed E-state index contributed by atoms with van der Waals surface area (Å²) in [7, 11) is 0. The highest BCUT2D eigenvalue weighted by Gasteiger charge is 2.12. The van der Waals surface area contributed by atoms with Crippen molar-refractivity contribution in [2.45, 2.75) is 19.8 Å². The minimum absolute atomic E-state index is 0.446. The summed E-state index contributed by atoms with van der Waals surface area (Å²) in [5.74, 6) is 0.0862. The minimum atomic E-state index is -0.446. The van der Waals surface area contributed by atoms with Gasteiger partial charge in [0.05, 0.1) is 0 Å². The van der Waals surface area contributed by atoms with E-state index in [0.717, 1.165) is 36.0 Å². The van der Waals surface area contributed by atoms with Gasteiger partial charge in [0.25, 0.3) is 0 Å². The van der Waals surface area contributed by atoms with E-state index in [0.29, 0.717) is 5.75 Å². The number of esters is 1. The van der Waals surface area contributed by atoms with Crippen LogP contribution in [-0.4, -0.2) is 5.97 Å². The second kappa shape index (κ2) is 10.5. The van der Waals surface area contributed by atoms with Gasteiger partial charge in [-0.3, -0.25) is 0 Å². The number of carbonyl (C=O) groups excluding carboxylic acids is 1. The number of benzene rings is 4. The zero-order valence-corrected chi connectivity index (χ0v) is 18.8. The van der Waals surface area contributed by atoms with Crippen LogP contribution in [-0.2, 0) is 17.6 Å². The highest BCUT2D eigenvalue weighted by atomic mass is 16.5. The van der Waals surface area contributed by atoms with Crippen molar-refractivity contribution in [3.63, 3.8) is 0 Å². The summed E-state index contributed by atoms with van der Waals surface area (Å²) in [5, 5.41) is 0. The molecule has 33 heavy (non-hydrogen) atoms. The van der Waals surface area contributed by atoms with Gasteiger partial charge in [-0.2, -0.15) is 0 Å². The number of hydrogen-bond donors (Lipinski definition) is 0.